The van der Waals surface area contributed by atoms with Crippen LogP contribution < -0.4 is 10.6 Å². The van der Waals surface area contributed by atoms with Crippen LogP contribution in [-0.4, -0.2) is 17.2 Å². The van der Waals surface area contributed by atoms with Gasteiger partial charge in [-0.1, -0.05) is 0 Å². The predicted molar refractivity (Wildman–Crippen MR) is 84.6 cm³/mol. The van der Waals surface area contributed by atoms with E-state index in [1.807, 2.05) is 19.2 Å². The highest BCUT2D eigenvalue weighted by Crippen LogP contribution is 2.29. The molecule has 1 aromatic carbocycles. The second kappa shape index (κ2) is 4.86. The molecule has 0 aliphatic heterocycles. The minimum atomic E-state index is 0.769. The van der Waals surface area contributed by atoms with Gasteiger partial charge in [0.1, 0.15) is 0 Å². The van der Waals surface area contributed by atoms with Crippen LogP contribution in [0.25, 0.3) is 10.9 Å². The maximum Gasteiger partial charge on any atom is 0.0701 e. The number of rotatable bonds is 3. The molecule has 98 valence electrons. The van der Waals surface area contributed by atoms with E-state index in [0.717, 1.165) is 32.6 Å². The molecule has 0 atom stereocenters. The van der Waals surface area contributed by atoms with E-state index in [2.05, 4.69) is 42.5 Å². The Balaban J connectivity index is 1.91. The van der Waals surface area contributed by atoms with Crippen molar-refractivity contribution in [3.63, 3.8) is 0 Å². The Bertz CT molecular complexity index is 718. The number of benzene rings is 1. The van der Waals surface area contributed by atoms with Gasteiger partial charge in [0.25, 0.3) is 0 Å². The lowest BCUT2D eigenvalue weighted by atomic mass is 10.2. The highest BCUT2D eigenvalue weighted by molar-refractivity contribution is 9.11. The summed E-state index contributed by atoms with van der Waals surface area (Å²) < 4.78 is 1.15. The normalized spacial score (nSPS) is 11.1. The molecule has 6 heteroatoms. The molecule has 3 N–H and O–H groups in total. The zero-order chi connectivity index (χ0) is 13.4. The molecular formula is C13H13BrN4S. The third-order valence-electron chi connectivity index (χ3n) is 3.04. The lowest BCUT2D eigenvalue weighted by molar-refractivity contribution is 0.929. The quantitative estimate of drug-likeness (QED) is 0.718. The number of nitrogens with one attached hydrogen (secondary N) is 1. The summed E-state index contributed by atoms with van der Waals surface area (Å²) in [6.07, 6.45) is 1.78. The number of aromatic amines is 1. The van der Waals surface area contributed by atoms with Crippen molar-refractivity contribution in [1.82, 2.24) is 10.2 Å². The van der Waals surface area contributed by atoms with Gasteiger partial charge < -0.3 is 10.6 Å². The second-order valence-electron chi connectivity index (χ2n) is 4.48. The molecule has 0 amide bonds. The molecule has 2 heterocycles. The van der Waals surface area contributed by atoms with Gasteiger partial charge in [0, 0.05) is 19.0 Å². The number of thiophene rings is 1. The molecule has 0 saturated carbocycles. The van der Waals surface area contributed by atoms with E-state index in [0.29, 0.717) is 0 Å². The zero-order valence-electron chi connectivity index (χ0n) is 10.4. The second-order valence-corrected chi connectivity index (χ2v) is 6.77. The smallest absolute Gasteiger partial charge is 0.0701 e. The first-order chi connectivity index (χ1) is 9.13. The molecule has 0 fully saturated rings. The van der Waals surface area contributed by atoms with Gasteiger partial charge in [-0.2, -0.15) is 5.10 Å². The fraction of sp³-hybridized carbons (Fsp3) is 0.154. The van der Waals surface area contributed by atoms with Crippen LogP contribution in [0.1, 0.15) is 5.56 Å². The first kappa shape index (κ1) is 12.5. The summed E-state index contributed by atoms with van der Waals surface area (Å²) >= 11 is 5.17. The maximum absolute atomic E-state index is 6.12. The van der Waals surface area contributed by atoms with Crippen LogP contribution in [-0.2, 0) is 6.54 Å². The minimum absolute atomic E-state index is 0.769. The predicted octanol–water partition coefficient (Wildman–Crippen LogP) is 3.61. The summed E-state index contributed by atoms with van der Waals surface area (Å²) in [5.74, 6) is 0. The first-order valence-electron chi connectivity index (χ1n) is 5.80. The van der Waals surface area contributed by atoms with Crippen LogP contribution >= 0.6 is 27.3 Å². The Hall–Kier alpha value is -1.53. The van der Waals surface area contributed by atoms with Crippen LogP contribution in [0.2, 0.25) is 0 Å². The molecule has 0 aliphatic rings. The Labute approximate surface area is 123 Å². The first-order valence-corrected chi connectivity index (χ1v) is 7.47. The zero-order valence-corrected chi connectivity index (χ0v) is 12.8. The number of fused-ring (bicyclic) bond motifs is 1. The number of halogens is 1. The molecule has 0 bridgehead atoms. The number of nitrogens with two attached hydrogens (primary N) is 1. The van der Waals surface area contributed by atoms with E-state index >= 15 is 0 Å². The van der Waals surface area contributed by atoms with Crippen molar-refractivity contribution in [2.24, 2.45) is 0 Å². The number of hydrogen-bond acceptors (Lipinski definition) is 4. The van der Waals surface area contributed by atoms with Crippen molar-refractivity contribution in [2.75, 3.05) is 17.7 Å². The van der Waals surface area contributed by atoms with Gasteiger partial charge >= 0.3 is 0 Å². The van der Waals surface area contributed by atoms with Crippen LogP contribution in [0.4, 0.5) is 11.4 Å². The molecule has 0 spiro atoms. The summed E-state index contributed by atoms with van der Waals surface area (Å²) in [6, 6.07) is 6.12. The van der Waals surface area contributed by atoms with E-state index in [1.54, 1.807) is 17.5 Å². The van der Waals surface area contributed by atoms with Gasteiger partial charge in [-0.15, -0.1) is 11.3 Å². The van der Waals surface area contributed by atoms with E-state index in [4.69, 9.17) is 5.73 Å². The Morgan fingerprint density at radius 1 is 1.42 bits per heavy atom. The van der Waals surface area contributed by atoms with E-state index in [9.17, 15) is 0 Å². The molecule has 0 unspecified atom stereocenters. The molecule has 2 aromatic heterocycles. The number of hydrogen-bond donors (Lipinski definition) is 2. The SMILES string of the molecule is CN(Cc1csc(Br)c1)c1cc2[nH]ncc2cc1N. The monoisotopic (exact) mass is 336 g/mol. The van der Waals surface area contributed by atoms with Crippen molar-refractivity contribution in [3.8, 4) is 0 Å². The average Bonchev–Trinajstić information content (AvgIpc) is 2.96. The lowest BCUT2D eigenvalue weighted by Crippen LogP contribution is -2.17. The molecule has 19 heavy (non-hydrogen) atoms. The molecule has 3 aromatic rings. The van der Waals surface area contributed by atoms with Crippen molar-refractivity contribution in [2.45, 2.75) is 6.54 Å². The van der Waals surface area contributed by atoms with Gasteiger partial charge in [0.05, 0.1) is 26.9 Å². The summed E-state index contributed by atoms with van der Waals surface area (Å²) in [7, 11) is 2.04. The topological polar surface area (TPSA) is 57.9 Å². The highest BCUT2D eigenvalue weighted by atomic mass is 79.9. The van der Waals surface area contributed by atoms with Crippen LogP contribution in [0, 0.1) is 0 Å². The van der Waals surface area contributed by atoms with Gasteiger partial charge in [0.15, 0.2) is 0 Å². The third kappa shape index (κ3) is 2.46. The van der Waals surface area contributed by atoms with Crippen molar-refractivity contribution >= 4 is 49.5 Å². The Morgan fingerprint density at radius 2 is 2.26 bits per heavy atom. The summed E-state index contributed by atoms with van der Waals surface area (Å²) in [6.45, 7) is 0.825. The fourth-order valence-corrected chi connectivity index (χ4v) is 3.32. The average molecular weight is 337 g/mol. The standard InChI is InChI=1S/C13H13BrN4S/c1-18(6-8-2-13(14)19-7-8)12-4-11-9(3-10(12)15)5-16-17-11/h2-5,7H,6,15H2,1H3,(H,16,17). The molecule has 4 nitrogen and oxygen atoms in total. The Kier molecular flexibility index (Phi) is 3.20. The molecule has 0 saturated heterocycles. The number of anilines is 2. The Morgan fingerprint density at radius 3 is 3.00 bits per heavy atom. The lowest BCUT2D eigenvalue weighted by Gasteiger charge is -2.20. The van der Waals surface area contributed by atoms with E-state index in [-0.39, 0.29) is 0 Å². The van der Waals surface area contributed by atoms with Crippen molar-refractivity contribution < 1.29 is 0 Å². The summed E-state index contributed by atoms with van der Waals surface area (Å²) in [5.41, 5.74) is 10.2. The largest absolute Gasteiger partial charge is 0.397 e. The number of nitrogens with zero attached hydrogens (tertiary/aromatic N) is 2. The van der Waals surface area contributed by atoms with Gasteiger partial charge in [0.2, 0.25) is 0 Å². The molecule has 0 aliphatic carbocycles. The highest BCUT2D eigenvalue weighted by Gasteiger charge is 2.09. The molecular weight excluding hydrogens is 324 g/mol. The van der Waals surface area contributed by atoms with E-state index in [1.165, 1.54) is 5.56 Å². The van der Waals surface area contributed by atoms with Crippen LogP contribution in [0.5, 0.6) is 0 Å². The number of aromatic nitrogens is 2. The maximum atomic E-state index is 6.12. The molecule has 0 radical (unpaired) electrons. The minimum Gasteiger partial charge on any atom is -0.397 e. The van der Waals surface area contributed by atoms with Gasteiger partial charge in [-0.05, 0) is 45.1 Å². The summed E-state index contributed by atoms with van der Waals surface area (Å²) in [4.78, 5) is 2.14. The summed E-state index contributed by atoms with van der Waals surface area (Å²) in [5, 5.41) is 10.2. The van der Waals surface area contributed by atoms with Crippen LogP contribution in [0.15, 0.2) is 33.6 Å². The fourth-order valence-electron chi connectivity index (χ4n) is 2.12. The van der Waals surface area contributed by atoms with Crippen molar-refractivity contribution in [1.29, 1.82) is 0 Å². The van der Waals surface area contributed by atoms with Crippen LogP contribution in [0.3, 0.4) is 0 Å². The van der Waals surface area contributed by atoms with Gasteiger partial charge in [-0.25, -0.2) is 0 Å². The van der Waals surface area contributed by atoms with Crippen molar-refractivity contribution in [3.05, 3.63) is 39.1 Å². The number of nitrogen functional groups attached to an aromatic ring is 1. The third-order valence-corrected chi connectivity index (χ3v) is 4.59. The molecule has 3 rings (SSSR count). The van der Waals surface area contributed by atoms with Gasteiger partial charge in [-0.3, -0.25) is 5.10 Å². The van der Waals surface area contributed by atoms with E-state index < -0.39 is 0 Å². The number of H-pyrrole nitrogens is 1.